The average molecular weight is 297 g/mol. The van der Waals surface area contributed by atoms with Gasteiger partial charge in [-0.25, -0.2) is 8.78 Å². The SMILES string of the molecule is O=C(C1CCC(F)(F)CC1)N1CCC[C@H](c2ccn[nH]2)C1. The van der Waals surface area contributed by atoms with E-state index in [4.69, 9.17) is 0 Å². The van der Waals surface area contributed by atoms with Crippen molar-refractivity contribution in [2.75, 3.05) is 13.1 Å². The van der Waals surface area contributed by atoms with E-state index in [1.807, 2.05) is 11.0 Å². The molecule has 1 aromatic heterocycles. The van der Waals surface area contributed by atoms with E-state index in [0.29, 0.717) is 19.4 Å². The summed E-state index contributed by atoms with van der Waals surface area (Å²) in [7, 11) is 0. The van der Waals surface area contributed by atoms with Gasteiger partial charge in [0.05, 0.1) is 0 Å². The molecule has 21 heavy (non-hydrogen) atoms. The van der Waals surface area contributed by atoms with Crippen LogP contribution < -0.4 is 0 Å². The number of H-pyrrole nitrogens is 1. The molecule has 1 saturated carbocycles. The predicted molar refractivity (Wildman–Crippen MR) is 74.0 cm³/mol. The van der Waals surface area contributed by atoms with Crippen LogP contribution in [0.2, 0.25) is 0 Å². The molecule has 6 heteroatoms. The van der Waals surface area contributed by atoms with E-state index in [1.165, 1.54) is 0 Å². The first-order valence-corrected chi connectivity index (χ1v) is 7.71. The number of carbonyl (C=O) groups excluding carboxylic acids is 1. The summed E-state index contributed by atoms with van der Waals surface area (Å²) in [5.41, 5.74) is 1.06. The summed E-state index contributed by atoms with van der Waals surface area (Å²) in [6.45, 7) is 1.42. The lowest BCUT2D eigenvalue weighted by molar-refractivity contribution is -0.140. The van der Waals surface area contributed by atoms with E-state index in [2.05, 4.69) is 10.2 Å². The van der Waals surface area contributed by atoms with Crippen LogP contribution in [0, 0.1) is 5.92 Å². The van der Waals surface area contributed by atoms with Crippen LogP contribution in [0.15, 0.2) is 12.3 Å². The fraction of sp³-hybridized carbons (Fsp3) is 0.733. The van der Waals surface area contributed by atoms with Gasteiger partial charge >= 0.3 is 0 Å². The number of hydrogen-bond donors (Lipinski definition) is 1. The van der Waals surface area contributed by atoms with Crippen molar-refractivity contribution in [1.29, 1.82) is 0 Å². The van der Waals surface area contributed by atoms with E-state index in [1.54, 1.807) is 6.20 Å². The van der Waals surface area contributed by atoms with E-state index in [0.717, 1.165) is 25.1 Å². The summed E-state index contributed by atoms with van der Waals surface area (Å²) in [5.74, 6) is -2.44. The monoisotopic (exact) mass is 297 g/mol. The molecule has 2 fully saturated rings. The average Bonchev–Trinajstić information content (AvgIpc) is 3.01. The minimum absolute atomic E-state index is 0.0646. The Hall–Kier alpha value is -1.46. The largest absolute Gasteiger partial charge is 0.342 e. The highest BCUT2D eigenvalue weighted by Gasteiger charge is 2.39. The molecular weight excluding hydrogens is 276 g/mol. The number of nitrogens with zero attached hydrogens (tertiary/aromatic N) is 2. The molecule has 2 heterocycles. The molecule has 1 saturated heterocycles. The summed E-state index contributed by atoms with van der Waals surface area (Å²) in [4.78, 5) is 14.4. The van der Waals surface area contributed by atoms with Gasteiger partial charge in [0.25, 0.3) is 0 Å². The van der Waals surface area contributed by atoms with Gasteiger partial charge in [0.15, 0.2) is 0 Å². The molecule has 4 nitrogen and oxygen atoms in total. The molecule has 1 aliphatic carbocycles. The number of halogens is 2. The van der Waals surface area contributed by atoms with Crippen LogP contribution in [0.1, 0.15) is 50.1 Å². The second-order valence-corrected chi connectivity index (χ2v) is 6.27. The first kappa shape index (κ1) is 14.5. The van der Waals surface area contributed by atoms with Crippen LogP contribution in [0.5, 0.6) is 0 Å². The lowest BCUT2D eigenvalue weighted by Gasteiger charge is -2.36. The highest BCUT2D eigenvalue weighted by atomic mass is 19.3. The molecular formula is C15H21F2N3O. The number of nitrogens with one attached hydrogen (secondary N) is 1. The number of rotatable bonds is 2. The van der Waals surface area contributed by atoms with Crippen molar-refractivity contribution in [3.8, 4) is 0 Å². The summed E-state index contributed by atoms with van der Waals surface area (Å²) < 4.78 is 26.4. The Labute approximate surface area is 122 Å². The molecule has 1 amide bonds. The van der Waals surface area contributed by atoms with E-state index >= 15 is 0 Å². The lowest BCUT2D eigenvalue weighted by Crippen LogP contribution is -2.44. The molecule has 1 atom stereocenters. The fourth-order valence-electron chi connectivity index (χ4n) is 3.47. The molecule has 0 unspecified atom stereocenters. The summed E-state index contributed by atoms with van der Waals surface area (Å²) in [6, 6.07) is 1.94. The van der Waals surface area contributed by atoms with Gasteiger partial charge in [0.2, 0.25) is 11.8 Å². The van der Waals surface area contributed by atoms with Crippen molar-refractivity contribution in [3.05, 3.63) is 18.0 Å². The number of piperidine rings is 1. The van der Waals surface area contributed by atoms with Crippen molar-refractivity contribution in [1.82, 2.24) is 15.1 Å². The molecule has 1 N–H and O–H groups in total. The van der Waals surface area contributed by atoms with Crippen molar-refractivity contribution in [3.63, 3.8) is 0 Å². The first-order chi connectivity index (χ1) is 10.1. The van der Waals surface area contributed by atoms with Crippen LogP contribution in [-0.2, 0) is 4.79 Å². The smallest absolute Gasteiger partial charge is 0.248 e. The first-order valence-electron chi connectivity index (χ1n) is 7.71. The van der Waals surface area contributed by atoms with Crippen molar-refractivity contribution >= 4 is 5.91 Å². The molecule has 0 spiro atoms. The number of carbonyl (C=O) groups is 1. The van der Waals surface area contributed by atoms with E-state index < -0.39 is 5.92 Å². The summed E-state index contributed by atoms with van der Waals surface area (Å²) in [6.07, 6.45) is 4.04. The second kappa shape index (κ2) is 5.73. The Kier molecular flexibility index (Phi) is 3.95. The van der Waals surface area contributed by atoms with Crippen molar-refractivity contribution in [2.24, 2.45) is 5.92 Å². The Morgan fingerprint density at radius 2 is 2.10 bits per heavy atom. The highest BCUT2D eigenvalue weighted by molar-refractivity contribution is 5.79. The molecule has 0 radical (unpaired) electrons. The zero-order chi connectivity index (χ0) is 14.9. The molecule has 0 aromatic carbocycles. The Morgan fingerprint density at radius 3 is 2.76 bits per heavy atom. The lowest BCUT2D eigenvalue weighted by atomic mass is 9.85. The maximum atomic E-state index is 13.2. The number of aromatic nitrogens is 2. The molecule has 0 bridgehead atoms. The number of alkyl halides is 2. The third-order valence-electron chi connectivity index (χ3n) is 4.76. The predicted octanol–water partition coefficient (Wildman–Crippen LogP) is 2.94. The third kappa shape index (κ3) is 3.24. The minimum atomic E-state index is -2.57. The maximum Gasteiger partial charge on any atom is 0.248 e. The third-order valence-corrected chi connectivity index (χ3v) is 4.76. The van der Waals surface area contributed by atoms with Crippen LogP contribution in [-0.4, -0.2) is 40.0 Å². The molecule has 1 aromatic rings. The van der Waals surface area contributed by atoms with E-state index in [9.17, 15) is 13.6 Å². The van der Waals surface area contributed by atoms with E-state index in [-0.39, 0.29) is 30.6 Å². The van der Waals surface area contributed by atoms with Crippen LogP contribution >= 0.6 is 0 Å². The van der Waals surface area contributed by atoms with Crippen molar-refractivity contribution < 1.29 is 13.6 Å². The molecule has 2 aliphatic rings. The standard InChI is InChI=1S/C15H21F2N3O/c16-15(17)6-3-11(4-7-15)14(21)20-9-1-2-12(10-20)13-5-8-18-19-13/h5,8,11-12H,1-4,6-7,9-10H2,(H,18,19)/t12-/m0/s1. The Morgan fingerprint density at radius 1 is 1.33 bits per heavy atom. The normalized spacial score (nSPS) is 26.8. The van der Waals surface area contributed by atoms with Gasteiger partial charge in [-0.05, 0) is 31.7 Å². The minimum Gasteiger partial charge on any atom is -0.342 e. The number of aromatic amines is 1. The maximum absolute atomic E-state index is 13.2. The van der Waals surface area contributed by atoms with Gasteiger partial charge in [-0.1, -0.05) is 0 Å². The van der Waals surface area contributed by atoms with Gasteiger partial charge in [0, 0.05) is 49.7 Å². The molecule has 3 rings (SSSR count). The number of hydrogen-bond acceptors (Lipinski definition) is 2. The second-order valence-electron chi connectivity index (χ2n) is 6.27. The van der Waals surface area contributed by atoms with Gasteiger partial charge < -0.3 is 4.90 Å². The quantitative estimate of drug-likeness (QED) is 0.912. The Bertz CT molecular complexity index is 479. The number of amides is 1. The van der Waals surface area contributed by atoms with Crippen LogP contribution in [0.3, 0.4) is 0 Å². The van der Waals surface area contributed by atoms with Crippen LogP contribution in [0.25, 0.3) is 0 Å². The summed E-state index contributed by atoms with van der Waals surface area (Å²) >= 11 is 0. The van der Waals surface area contributed by atoms with Crippen molar-refractivity contribution in [2.45, 2.75) is 50.4 Å². The zero-order valence-corrected chi connectivity index (χ0v) is 12.0. The highest BCUT2D eigenvalue weighted by Crippen LogP contribution is 2.37. The number of likely N-dealkylation sites (tertiary alicyclic amines) is 1. The van der Waals surface area contributed by atoms with Gasteiger partial charge in [0.1, 0.15) is 0 Å². The fourth-order valence-corrected chi connectivity index (χ4v) is 3.47. The van der Waals surface area contributed by atoms with Crippen LogP contribution in [0.4, 0.5) is 8.78 Å². The zero-order valence-electron chi connectivity index (χ0n) is 12.0. The molecule has 116 valence electrons. The van der Waals surface area contributed by atoms with Gasteiger partial charge in [-0.3, -0.25) is 9.89 Å². The molecule has 1 aliphatic heterocycles. The van der Waals surface area contributed by atoms with Gasteiger partial charge in [-0.2, -0.15) is 5.10 Å². The topological polar surface area (TPSA) is 49.0 Å². The Balaban J connectivity index is 1.60. The van der Waals surface area contributed by atoms with Gasteiger partial charge in [-0.15, -0.1) is 0 Å². The summed E-state index contributed by atoms with van der Waals surface area (Å²) in [5, 5.41) is 6.93.